The van der Waals surface area contributed by atoms with Crippen molar-refractivity contribution < 1.29 is 18.7 Å². The van der Waals surface area contributed by atoms with Crippen LogP contribution in [-0.2, 0) is 0 Å². The molecule has 6 nitrogen and oxygen atoms in total. The smallest absolute Gasteiger partial charge is 0.249 e. The Hall–Kier alpha value is -3.19. The first-order valence-electron chi connectivity index (χ1n) is 7.85. The lowest BCUT2D eigenvalue weighted by molar-refractivity contribution is 0.0996. The summed E-state index contributed by atoms with van der Waals surface area (Å²) in [4.78, 5) is 20.1. The molecule has 0 spiro atoms. The van der Waals surface area contributed by atoms with Gasteiger partial charge < -0.3 is 15.2 Å². The van der Waals surface area contributed by atoms with Gasteiger partial charge in [0.05, 0.1) is 17.7 Å². The first-order chi connectivity index (χ1) is 13.0. The van der Waals surface area contributed by atoms with Crippen LogP contribution < -0.4 is 15.2 Å². The van der Waals surface area contributed by atoms with Gasteiger partial charge in [0, 0.05) is 35.8 Å². The highest BCUT2D eigenvalue weighted by atomic mass is 35.5. The van der Waals surface area contributed by atoms with E-state index in [1.165, 1.54) is 43.8 Å². The number of hydrogen-bond donors (Lipinski definition) is 1. The summed E-state index contributed by atoms with van der Waals surface area (Å²) < 4.78 is 24.8. The summed E-state index contributed by atoms with van der Waals surface area (Å²) in [6.45, 7) is 0. The SMILES string of the molecule is COc1ncccc1C(Oc1ccc(F)c(Cl)c1)c1cnccc1C(N)=O. The highest BCUT2D eigenvalue weighted by molar-refractivity contribution is 6.30. The van der Waals surface area contributed by atoms with Crippen LogP contribution in [0.4, 0.5) is 4.39 Å². The number of aromatic nitrogens is 2. The normalized spacial score (nSPS) is 11.7. The number of rotatable bonds is 6. The Bertz CT molecular complexity index is 984. The molecule has 0 aliphatic rings. The van der Waals surface area contributed by atoms with Gasteiger partial charge in [-0.3, -0.25) is 9.78 Å². The van der Waals surface area contributed by atoms with E-state index < -0.39 is 17.8 Å². The van der Waals surface area contributed by atoms with Crippen molar-refractivity contribution in [2.24, 2.45) is 5.73 Å². The van der Waals surface area contributed by atoms with Crippen LogP contribution in [0.3, 0.4) is 0 Å². The zero-order valence-electron chi connectivity index (χ0n) is 14.2. The molecule has 3 rings (SSSR count). The molecule has 0 radical (unpaired) electrons. The van der Waals surface area contributed by atoms with E-state index in [4.69, 9.17) is 26.8 Å². The van der Waals surface area contributed by atoms with Crippen LogP contribution in [0.2, 0.25) is 5.02 Å². The van der Waals surface area contributed by atoms with Gasteiger partial charge in [-0.15, -0.1) is 0 Å². The van der Waals surface area contributed by atoms with Crippen molar-refractivity contribution >= 4 is 17.5 Å². The topological polar surface area (TPSA) is 87.3 Å². The lowest BCUT2D eigenvalue weighted by Gasteiger charge is -2.22. The Labute approximate surface area is 159 Å². The van der Waals surface area contributed by atoms with Gasteiger partial charge in [0.25, 0.3) is 0 Å². The Kier molecular flexibility index (Phi) is 5.52. The number of nitrogens with zero attached hydrogens (tertiary/aromatic N) is 2. The van der Waals surface area contributed by atoms with Gasteiger partial charge in [-0.05, 0) is 30.3 Å². The molecule has 1 unspecified atom stereocenters. The molecule has 0 bridgehead atoms. The zero-order chi connectivity index (χ0) is 19.4. The number of ether oxygens (including phenoxy) is 2. The van der Waals surface area contributed by atoms with Crippen LogP contribution in [0.5, 0.6) is 11.6 Å². The van der Waals surface area contributed by atoms with E-state index in [2.05, 4.69) is 9.97 Å². The summed E-state index contributed by atoms with van der Waals surface area (Å²) in [5.74, 6) is -0.619. The molecule has 1 amide bonds. The van der Waals surface area contributed by atoms with E-state index in [1.54, 1.807) is 18.3 Å². The number of hydrogen-bond acceptors (Lipinski definition) is 5. The van der Waals surface area contributed by atoms with E-state index in [0.717, 1.165) is 0 Å². The highest BCUT2D eigenvalue weighted by Crippen LogP contribution is 2.35. The van der Waals surface area contributed by atoms with Crippen molar-refractivity contribution in [3.63, 3.8) is 0 Å². The van der Waals surface area contributed by atoms with Gasteiger partial charge in [-0.25, -0.2) is 9.37 Å². The maximum atomic E-state index is 13.5. The second-order valence-electron chi connectivity index (χ2n) is 5.50. The van der Waals surface area contributed by atoms with Crippen LogP contribution in [0.1, 0.15) is 27.6 Å². The summed E-state index contributed by atoms with van der Waals surface area (Å²) in [7, 11) is 1.47. The van der Waals surface area contributed by atoms with Gasteiger partial charge in [0.2, 0.25) is 11.8 Å². The number of amides is 1. The Morgan fingerprint density at radius 1 is 1.22 bits per heavy atom. The number of nitrogens with two attached hydrogens (primary N) is 1. The first-order valence-corrected chi connectivity index (χ1v) is 8.23. The van der Waals surface area contributed by atoms with E-state index in [0.29, 0.717) is 17.0 Å². The summed E-state index contributed by atoms with van der Waals surface area (Å²) in [5.41, 5.74) is 6.68. The van der Waals surface area contributed by atoms with Crippen LogP contribution in [0, 0.1) is 5.82 Å². The molecule has 0 saturated carbocycles. The van der Waals surface area contributed by atoms with Gasteiger partial charge in [0.1, 0.15) is 11.6 Å². The maximum absolute atomic E-state index is 13.5. The van der Waals surface area contributed by atoms with Crippen molar-refractivity contribution in [3.8, 4) is 11.6 Å². The molecular formula is C19H15ClFN3O3. The van der Waals surface area contributed by atoms with Crippen LogP contribution in [-0.4, -0.2) is 23.0 Å². The zero-order valence-corrected chi connectivity index (χ0v) is 15.0. The third-order valence-electron chi connectivity index (χ3n) is 3.82. The van der Waals surface area contributed by atoms with E-state index in [-0.39, 0.29) is 16.3 Å². The number of methoxy groups -OCH3 is 1. The molecule has 0 fully saturated rings. The lowest BCUT2D eigenvalue weighted by Crippen LogP contribution is -2.19. The quantitative estimate of drug-likeness (QED) is 0.699. The second kappa shape index (κ2) is 8.01. The minimum absolute atomic E-state index is 0.0919. The number of carbonyl (C=O) groups is 1. The monoisotopic (exact) mass is 387 g/mol. The first kappa shape index (κ1) is 18.6. The maximum Gasteiger partial charge on any atom is 0.249 e. The summed E-state index contributed by atoms with van der Waals surface area (Å²) in [6.07, 6.45) is 3.65. The lowest BCUT2D eigenvalue weighted by atomic mass is 9.98. The summed E-state index contributed by atoms with van der Waals surface area (Å²) >= 11 is 5.85. The summed E-state index contributed by atoms with van der Waals surface area (Å²) in [5, 5.41) is -0.0919. The van der Waals surface area contributed by atoms with Crippen molar-refractivity contribution in [1.82, 2.24) is 9.97 Å². The standard InChI is InChI=1S/C19H15ClFN3O3/c1-26-19-13(3-2-7-24-19)17(14-10-23-8-6-12(14)18(22)25)27-11-4-5-16(21)15(20)9-11/h2-10,17H,1H3,(H2,22,25). The number of carbonyl (C=O) groups excluding carboxylic acids is 1. The summed E-state index contributed by atoms with van der Waals surface area (Å²) in [6, 6.07) is 8.89. The van der Waals surface area contributed by atoms with E-state index in [1.807, 2.05) is 0 Å². The van der Waals surface area contributed by atoms with E-state index >= 15 is 0 Å². The number of benzene rings is 1. The third kappa shape index (κ3) is 3.98. The molecule has 2 heterocycles. The molecule has 0 aliphatic carbocycles. The Balaban J connectivity index is 2.15. The number of halogens is 2. The average Bonchev–Trinajstić information content (AvgIpc) is 2.68. The van der Waals surface area contributed by atoms with Crippen molar-refractivity contribution in [2.75, 3.05) is 7.11 Å². The fraction of sp³-hybridized carbons (Fsp3) is 0.105. The highest BCUT2D eigenvalue weighted by Gasteiger charge is 2.26. The van der Waals surface area contributed by atoms with Crippen LogP contribution in [0.15, 0.2) is 55.0 Å². The molecule has 1 aromatic carbocycles. The fourth-order valence-corrected chi connectivity index (χ4v) is 2.76. The molecule has 1 atom stereocenters. The second-order valence-corrected chi connectivity index (χ2v) is 5.91. The third-order valence-corrected chi connectivity index (χ3v) is 4.11. The van der Waals surface area contributed by atoms with Crippen molar-refractivity contribution in [1.29, 1.82) is 0 Å². The van der Waals surface area contributed by atoms with Gasteiger partial charge in [-0.2, -0.15) is 0 Å². The van der Waals surface area contributed by atoms with Gasteiger partial charge in [-0.1, -0.05) is 11.6 Å². The Morgan fingerprint density at radius 3 is 2.74 bits per heavy atom. The minimum atomic E-state index is -0.841. The van der Waals surface area contributed by atoms with Crippen molar-refractivity contribution in [2.45, 2.75) is 6.10 Å². The van der Waals surface area contributed by atoms with E-state index in [9.17, 15) is 9.18 Å². The van der Waals surface area contributed by atoms with Gasteiger partial charge in [0.15, 0.2) is 6.10 Å². The molecular weight excluding hydrogens is 373 g/mol. The van der Waals surface area contributed by atoms with Crippen molar-refractivity contribution in [3.05, 3.63) is 82.5 Å². The number of pyridine rings is 2. The minimum Gasteiger partial charge on any atom is -0.481 e. The molecule has 8 heteroatoms. The van der Waals surface area contributed by atoms with Crippen LogP contribution in [0.25, 0.3) is 0 Å². The van der Waals surface area contributed by atoms with Crippen LogP contribution >= 0.6 is 11.6 Å². The molecule has 3 aromatic rings. The Morgan fingerprint density at radius 2 is 2.04 bits per heavy atom. The number of primary amides is 1. The predicted molar refractivity (Wildman–Crippen MR) is 97.4 cm³/mol. The average molecular weight is 388 g/mol. The van der Waals surface area contributed by atoms with Gasteiger partial charge >= 0.3 is 0 Å². The molecule has 2 aromatic heterocycles. The molecule has 2 N–H and O–H groups in total. The fourth-order valence-electron chi connectivity index (χ4n) is 2.59. The molecule has 138 valence electrons. The molecule has 27 heavy (non-hydrogen) atoms. The predicted octanol–water partition coefficient (Wildman–Crippen LogP) is 3.55. The largest absolute Gasteiger partial charge is 0.481 e. The molecule has 0 saturated heterocycles. The molecule has 0 aliphatic heterocycles.